The number of β-lactam (4-membered cyclic amide) rings is 1. The number of ether oxygens (including phenoxy) is 2. The van der Waals surface area contributed by atoms with Crippen LogP contribution in [0.2, 0.25) is 0 Å². The van der Waals surface area contributed by atoms with Gasteiger partial charge in [0.1, 0.15) is 23.7 Å². The van der Waals surface area contributed by atoms with Crippen molar-refractivity contribution in [3.05, 3.63) is 11.3 Å². The van der Waals surface area contributed by atoms with Crippen LogP contribution >= 0.6 is 11.8 Å². The molecule has 13 heteroatoms. The summed E-state index contributed by atoms with van der Waals surface area (Å²) >= 11 is 1.16. The molecule has 2 aliphatic rings. The van der Waals surface area contributed by atoms with Crippen LogP contribution in [0.4, 0.5) is 0 Å². The third kappa shape index (κ3) is 4.57. The fourth-order valence-corrected chi connectivity index (χ4v) is 4.54. The van der Waals surface area contributed by atoms with Crippen LogP contribution in [-0.2, 0) is 33.4 Å². The maximum atomic E-state index is 12.8. The maximum Gasteiger partial charge on any atom is 0.352 e. The van der Waals surface area contributed by atoms with Crippen molar-refractivity contribution in [1.29, 1.82) is 0 Å². The highest BCUT2D eigenvalue weighted by atomic mass is 32.2. The number of carbonyl (C=O) groups is 5. The number of nitrogens with two attached hydrogens (primary N) is 1. The Bertz CT molecular complexity index is 799. The van der Waals surface area contributed by atoms with Gasteiger partial charge in [0, 0.05) is 31.8 Å². The highest BCUT2D eigenvalue weighted by molar-refractivity contribution is 8.00. The van der Waals surface area contributed by atoms with Gasteiger partial charge >= 0.3 is 17.9 Å². The van der Waals surface area contributed by atoms with Crippen LogP contribution in [0, 0.1) is 0 Å². The average Bonchev–Trinajstić information content (AvgIpc) is 2.68. The van der Waals surface area contributed by atoms with E-state index in [1.807, 2.05) is 0 Å². The van der Waals surface area contributed by atoms with Crippen LogP contribution in [0.3, 0.4) is 0 Å². The fraction of sp³-hybridized carbons (Fsp3) is 0.588. The molecule has 12 nitrogen and oxygen atoms in total. The van der Waals surface area contributed by atoms with Crippen molar-refractivity contribution < 1.29 is 43.7 Å². The molecule has 0 saturated carbocycles. The minimum atomic E-state index is -1.75. The van der Waals surface area contributed by atoms with Crippen LogP contribution in [0.1, 0.15) is 26.2 Å². The molecule has 2 unspecified atom stereocenters. The van der Waals surface area contributed by atoms with Gasteiger partial charge in [0.2, 0.25) is 5.91 Å². The van der Waals surface area contributed by atoms with E-state index in [4.69, 9.17) is 20.3 Å². The average molecular weight is 445 g/mol. The smallest absolute Gasteiger partial charge is 0.352 e. The van der Waals surface area contributed by atoms with Crippen molar-refractivity contribution in [1.82, 2.24) is 10.2 Å². The second kappa shape index (κ2) is 9.45. The Hall–Kier alpha value is -2.64. The van der Waals surface area contributed by atoms with Gasteiger partial charge < -0.3 is 30.7 Å². The molecule has 30 heavy (non-hydrogen) atoms. The molecule has 2 aliphatic heterocycles. The van der Waals surface area contributed by atoms with E-state index in [1.165, 1.54) is 14.0 Å². The molecular formula is C17H23N3O9S. The Labute approximate surface area is 175 Å². The molecule has 2 rings (SSSR count). The van der Waals surface area contributed by atoms with Gasteiger partial charge in [0.05, 0.1) is 0 Å². The molecule has 0 aliphatic carbocycles. The number of carboxylic acids is 2. The third-order valence-corrected chi connectivity index (χ3v) is 6.02. The van der Waals surface area contributed by atoms with E-state index in [0.29, 0.717) is 0 Å². The number of methoxy groups -OCH3 is 1. The third-order valence-electron chi connectivity index (χ3n) is 4.65. The van der Waals surface area contributed by atoms with E-state index >= 15 is 0 Å². The van der Waals surface area contributed by atoms with Gasteiger partial charge in [-0.05, 0) is 12.8 Å². The number of carbonyl (C=O) groups excluding carboxylic acids is 3. The van der Waals surface area contributed by atoms with Crippen LogP contribution in [0.15, 0.2) is 11.3 Å². The SMILES string of the molecule is COC1(NC(=O)CCCC(N)C(=O)O)C(=O)N2C(C(=O)O)=C(COC(C)=O)CS[C@H]21. The quantitative estimate of drug-likeness (QED) is 0.181. The first-order chi connectivity index (χ1) is 14.0. The van der Waals surface area contributed by atoms with Crippen molar-refractivity contribution in [3.63, 3.8) is 0 Å². The fourth-order valence-electron chi connectivity index (χ4n) is 3.12. The van der Waals surface area contributed by atoms with Crippen molar-refractivity contribution in [2.45, 2.75) is 43.3 Å². The van der Waals surface area contributed by atoms with Crippen molar-refractivity contribution in [2.24, 2.45) is 5.73 Å². The van der Waals surface area contributed by atoms with Gasteiger partial charge in [0.25, 0.3) is 11.6 Å². The lowest BCUT2D eigenvalue weighted by Crippen LogP contribution is -2.80. The highest BCUT2D eigenvalue weighted by Crippen LogP contribution is 2.46. The van der Waals surface area contributed by atoms with Crippen LogP contribution in [-0.4, -0.2) is 81.4 Å². The first-order valence-corrected chi connectivity index (χ1v) is 9.98. The van der Waals surface area contributed by atoms with Crippen LogP contribution in [0.25, 0.3) is 0 Å². The maximum absolute atomic E-state index is 12.8. The molecular weight excluding hydrogens is 422 g/mol. The van der Waals surface area contributed by atoms with Crippen LogP contribution < -0.4 is 11.1 Å². The van der Waals surface area contributed by atoms with Crippen LogP contribution in [0.5, 0.6) is 0 Å². The number of amides is 2. The Morgan fingerprint density at radius 2 is 2.03 bits per heavy atom. The number of hydrogen-bond donors (Lipinski definition) is 4. The summed E-state index contributed by atoms with van der Waals surface area (Å²) in [6, 6.07) is -1.09. The van der Waals surface area contributed by atoms with Crippen molar-refractivity contribution in [2.75, 3.05) is 19.5 Å². The molecule has 5 N–H and O–H groups in total. The zero-order valence-electron chi connectivity index (χ0n) is 16.4. The molecule has 1 saturated heterocycles. The van der Waals surface area contributed by atoms with Gasteiger partial charge in [0.15, 0.2) is 0 Å². The summed E-state index contributed by atoms with van der Waals surface area (Å²) in [5.41, 5.74) is 3.59. The summed E-state index contributed by atoms with van der Waals surface area (Å²) in [5, 5.41) is 20.0. The lowest BCUT2D eigenvalue weighted by molar-refractivity contribution is -0.192. The number of aliphatic carboxylic acids is 2. The molecule has 2 amide bonds. The van der Waals surface area contributed by atoms with Gasteiger partial charge in [-0.3, -0.25) is 24.1 Å². The molecule has 2 heterocycles. The normalized spacial score (nSPS) is 23.9. The monoisotopic (exact) mass is 445 g/mol. The molecule has 166 valence electrons. The summed E-state index contributed by atoms with van der Waals surface area (Å²) in [5.74, 6) is -4.31. The summed E-state index contributed by atoms with van der Waals surface area (Å²) in [7, 11) is 1.22. The van der Waals surface area contributed by atoms with E-state index in [0.717, 1.165) is 16.7 Å². The van der Waals surface area contributed by atoms with Gasteiger partial charge in [-0.25, -0.2) is 4.79 Å². The van der Waals surface area contributed by atoms with Crippen molar-refractivity contribution >= 4 is 41.5 Å². The number of carboxylic acid groups (broad SMARTS) is 2. The molecule has 3 atom stereocenters. The Morgan fingerprint density at radius 1 is 1.37 bits per heavy atom. The van der Waals surface area contributed by atoms with E-state index < -0.39 is 46.9 Å². The minimum absolute atomic E-state index is 0.0758. The number of hydrogen-bond acceptors (Lipinski definition) is 9. The standard InChI is InChI=1S/C17H23N3O9S/c1-8(21)29-6-9-7-30-16-17(28-2,15(27)20(16)12(9)14(25)26)19-11(22)5-3-4-10(18)13(23)24/h10,16H,3-7,18H2,1-2H3,(H,19,22)(H,23,24)(H,25,26)/t10?,16-,17?/m0/s1. The minimum Gasteiger partial charge on any atom is -0.480 e. The molecule has 1 fully saturated rings. The van der Waals surface area contributed by atoms with Crippen molar-refractivity contribution in [3.8, 4) is 0 Å². The Kier molecular flexibility index (Phi) is 7.44. The largest absolute Gasteiger partial charge is 0.480 e. The Morgan fingerprint density at radius 3 is 2.57 bits per heavy atom. The highest BCUT2D eigenvalue weighted by Gasteiger charge is 2.66. The van der Waals surface area contributed by atoms with E-state index in [1.54, 1.807) is 0 Å². The predicted octanol–water partition coefficient (Wildman–Crippen LogP) is -1.16. The van der Waals surface area contributed by atoms with E-state index in [-0.39, 0.29) is 42.9 Å². The second-order valence-corrected chi connectivity index (χ2v) is 7.77. The molecule has 0 aromatic rings. The number of fused-ring (bicyclic) bond motifs is 1. The van der Waals surface area contributed by atoms with E-state index in [9.17, 15) is 29.1 Å². The molecule has 0 aromatic carbocycles. The summed E-state index contributed by atoms with van der Waals surface area (Å²) < 4.78 is 10.2. The second-order valence-electron chi connectivity index (χ2n) is 6.70. The van der Waals surface area contributed by atoms with E-state index in [2.05, 4.69) is 5.32 Å². The number of nitrogens with zero attached hydrogens (tertiary/aromatic N) is 1. The zero-order chi connectivity index (χ0) is 22.6. The molecule has 0 bridgehead atoms. The lowest BCUT2D eigenvalue weighted by atomic mass is 9.97. The predicted molar refractivity (Wildman–Crippen MR) is 102 cm³/mol. The number of nitrogens with one attached hydrogen (secondary N) is 1. The number of rotatable bonds is 10. The first-order valence-electron chi connectivity index (χ1n) is 8.93. The summed E-state index contributed by atoms with van der Waals surface area (Å²) in [6.07, 6.45) is 0.171. The summed E-state index contributed by atoms with van der Waals surface area (Å²) in [4.78, 5) is 59.6. The Balaban J connectivity index is 2.11. The topological polar surface area (TPSA) is 186 Å². The molecule has 0 radical (unpaired) electrons. The lowest BCUT2D eigenvalue weighted by Gasteiger charge is -2.55. The molecule has 0 aromatic heterocycles. The summed E-state index contributed by atoms with van der Waals surface area (Å²) in [6.45, 7) is 0.917. The van der Waals surface area contributed by atoms with Gasteiger partial charge in [-0.2, -0.15) is 0 Å². The first kappa shape index (κ1) is 23.6. The number of esters is 1. The van der Waals surface area contributed by atoms with Gasteiger partial charge in [-0.1, -0.05) is 0 Å². The number of thioether (sulfide) groups is 1. The van der Waals surface area contributed by atoms with Gasteiger partial charge in [-0.15, -0.1) is 11.8 Å². The molecule has 0 spiro atoms. The zero-order valence-corrected chi connectivity index (χ0v) is 17.2.